The summed E-state index contributed by atoms with van der Waals surface area (Å²) in [6, 6.07) is 8.12. The molecule has 0 aliphatic carbocycles. The van der Waals surface area contributed by atoms with Gasteiger partial charge in [-0.05, 0) is 25.3 Å². The molecule has 0 spiro atoms. The highest BCUT2D eigenvalue weighted by molar-refractivity contribution is 5.22. The molecule has 0 aromatic heterocycles. The monoisotopic (exact) mass is 193 g/mol. The van der Waals surface area contributed by atoms with Crippen LogP contribution in [0.3, 0.4) is 0 Å². The number of hydrogen-bond donors (Lipinski definition) is 2. The van der Waals surface area contributed by atoms with Gasteiger partial charge in [-0.15, -0.1) is 0 Å². The van der Waals surface area contributed by atoms with Gasteiger partial charge in [0.1, 0.15) is 0 Å². The Bertz CT molecular complexity index is 268. The highest BCUT2D eigenvalue weighted by atomic mass is 16.3. The Balaban J connectivity index is 2.56. The van der Waals surface area contributed by atoms with E-state index in [1.165, 1.54) is 11.1 Å². The van der Waals surface area contributed by atoms with Crippen LogP contribution >= 0.6 is 0 Å². The van der Waals surface area contributed by atoms with Crippen LogP contribution in [0.1, 0.15) is 24.5 Å². The Morgan fingerprint density at radius 1 is 1.29 bits per heavy atom. The van der Waals surface area contributed by atoms with Crippen molar-refractivity contribution < 1.29 is 5.11 Å². The van der Waals surface area contributed by atoms with Crippen molar-refractivity contribution in [2.24, 2.45) is 5.73 Å². The van der Waals surface area contributed by atoms with E-state index in [2.05, 4.69) is 31.2 Å². The maximum atomic E-state index is 9.52. The first-order valence-corrected chi connectivity index (χ1v) is 5.12. The van der Waals surface area contributed by atoms with Crippen molar-refractivity contribution in [1.82, 2.24) is 0 Å². The molecule has 0 amide bonds. The fourth-order valence-electron chi connectivity index (χ4n) is 1.44. The summed E-state index contributed by atoms with van der Waals surface area (Å²) in [4.78, 5) is 0. The maximum absolute atomic E-state index is 9.52. The zero-order valence-corrected chi connectivity index (χ0v) is 8.90. The average molecular weight is 193 g/mol. The molecule has 0 bridgehead atoms. The third kappa shape index (κ3) is 3.13. The number of aliphatic hydroxyl groups excluding tert-OH is 1. The fourth-order valence-corrected chi connectivity index (χ4v) is 1.44. The van der Waals surface area contributed by atoms with Crippen LogP contribution in [0, 0.1) is 6.92 Å². The highest BCUT2D eigenvalue weighted by Gasteiger charge is 2.12. The fraction of sp³-hybridized carbons (Fsp3) is 0.500. The maximum Gasteiger partial charge on any atom is 0.0691 e. The minimum Gasteiger partial charge on any atom is -0.392 e. The molecule has 0 radical (unpaired) electrons. The smallest absolute Gasteiger partial charge is 0.0691 e. The van der Waals surface area contributed by atoms with Gasteiger partial charge in [0, 0.05) is 6.04 Å². The number of hydrogen-bond acceptors (Lipinski definition) is 2. The standard InChI is InChI=1S/C12H19NO/c1-3-12(14)11(13)8-10-6-4-9(2)5-7-10/h4-7,11-12,14H,3,8,13H2,1-2H3. The van der Waals surface area contributed by atoms with E-state index in [-0.39, 0.29) is 6.04 Å². The van der Waals surface area contributed by atoms with Crippen LogP contribution in [0.25, 0.3) is 0 Å². The van der Waals surface area contributed by atoms with Gasteiger partial charge < -0.3 is 10.8 Å². The second-order valence-corrected chi connectivity index (χ2v) is 3.83. The van der Waals surface area contributed by atoms with Crippen LogP contribution < -0.4 is 5.73 Å². The molecule has 0 saturated carbocycles. The summed E-state index contributed by atoms with van der Waals surface area (Å²) in [6.07, 6.45) is 1.07. The van der Waals surface area contributed by atoms with Gasteiger partial charge in [-0.3, -0.25) is 0 Å². The normalized spacial score (nSPS) is 15.1. The molecule has 1 aromatic carbocycles. The Morgan fingerprint density at radius 3 is 2.36 bits per heavy atom. The molecule has 1 aromatic rings. The molecule has 2 nitrogen and oxygen atoms in total. The number of benzene rings is 1. The quantitative estimate of drug-likeness (QED) is 0.763. The van der Waals surface area contributed by atoms with Crippen molar-refractivity contribution in [1.29, 1.82) is 0 Å². The number of aryl methyl sites for hydroxylation is 1. The van der Waals surface area contributed by atoms with Crippen LogP contribution in [0.15, 0.2) is 24.3 Å². The first-order chi connectivity index (χ1) is 6.63. The van der Waals surface area contributed by atoms with E-state index in [0.717, 1.165) is 6.42 Å². The van der Waals surface area contributed by atoms with E-state index in [0.29, 0.717) is 6.42 Å². The van der Waals surface area contributed by atoms with Crippen molar-refractivity contribution in [3.63, 3.8) is 0 Å². The molecule has 3 N–H and O–H groups in total. The Morgan fingerprint density at radius 2 is 1.86 bits per heavy atom. The Labute approximate surface area is 85.8 Å². The summed E-state index contributed by atoms with van der Waals surface area (Å²) in [7, 11) is 0. The molecule has 2 unspecified atom stereocenters. The molecule has 2 atom stereocenters. The van der Waals surface area contributed by atoms with E-state index in [1.54, 1.807) is 0 Å². The van der Waals surface area contributed by atoms with E-state index in [9.17, 15) is 5.11 Å². The Hall–Kier alpha value is -0.860. The van der Waals surface area contributed by atoms with Gasteiger partial charge in [0.2, 0.25) is 0 Å². The summed E-state index contributed by atoms with van der Waals surface area (Å²) < 4.78 is 0. The van der Waals surface area contributed by atoms with Gasteiger partial charge in [0.25, 0.3) is 0 Å². The van der Waals surface area contributed by atoms with Crippen LogP contribution in [0.2, 0.25) is 0 Å². The van der Waals surface area contributed by atoms with Crippen LogP contribution in [-0.2, 0) is 6.42 Å². The second kappa shape index (κ2) is 5.13. The van der Waals surface area contributed by atoms with Gasteiger partial charge >= 0.3 is 0 Å². The minimum atomic E-state index is -0.392. The number of rotatable bonds is 4. The SMILES string of the molecule is CCC(O)C(N)Cc1ccc(C)cc1. The van der Waals surface area contributed by atoms with E-state index < -0.39 is 6.10 Å². The molecule has 78 valence electrons. The van der Waals surface area contributed by atoms with Crippen molar-refractivity contribution in [2.75, 3.05) is 0 Å². The lowest BCUT2D eigenvalue weighted by Crippen LogP contribution is -2.36. The summed E-state index contributed by atoms with van der Waals surface area (Å²) in [5, 5.41) is 9.52. The van der Waals surface area contributed by atoms with Gasteiger partial charge in [0.15, 0.2) is 0 Å². The predicted molar refractivity (Wildman–Crippen MR) is 59.2 cm³/mol. The zero-order valence-electron chi connectivity index (χ0n) is 8.90. The first-order valence-electron chi connectivity index (χ1n) is 5.12. The Kier molecular flexibility index (Phi) is 4.11. The largest absolute Gasteiger partial charge is 0.392 e. The molecule has 14 heavy (non-hydrogen) atoms. The van der Waals surface area contributed by atoms with Gasteiger partial charge in [-0.1, -0.05) is 36.8 Å². The molecule has 1 rings (SSSR count). The zero-order chi connectivity index (χ0) is 10.6. The van der Waals surface area contributed by atoms with Crippen molar-refractivity contribution in [3.05, 3.63) is 35.4 Å². The second-order valence-electron chi connectivity index (χ2n) is 3.83. The third-order valence-electron chi connectivity index (χ3n) is 2.50. The van der Waals surface area contributed by atoms with Gasteiger partial charge in [0.05, 0.1) is 6.10 Å². The summed E-state index contributed by atoms with van der Waals surface area (Å²) >= 11 is 0. The molecule has 0 saturated heterocycles. The lowest BCUT2D eigenvalue weighted by atomic mass is 10.00. The average Bonchev–Trinajstić information content (AvgIpc) is 2.20. The van der Waals surface area contributed by atoms with Gasteiger partial charge in [-0.2, -0.15) is 0 Å². The lowest BCUT2D eigenvalue weighted by molar-refractivity contribution is 0.140. The minimum absolute atomic E-state index is 0.150. The van der Waals surface area contributed by atoms with E-state index in [1.807, 2.05) is 6.92 Å². The molecular weight excluding hydrogens is 174 g/mol. The van der Waals surface area contributed by atoms with Crippen molar-refractivity contribution in [3.8, 4) is 0 Å². The predicted octanol–water partition coefficient (Wildman–Crippen LogP) is 1.64. The van der Waals surface area contributed by atoms with Crippen LogP contribution in [0.5, 0.6) is 0 Å². The number of aliphatic hydroxyl groups is 1. The first kappa shape index (κ1) is 11.2. The molecule has 2 heteroatoms. The van der Waals surface area contributed by atoms with Crippen LogP contribution in [-0.4, -0.2) is 17.3 Å². The van der Waals surface area contributed by atoms with E-state index >= 15 is 0 Å². The summed E-state index contributed by atoms with van der Waals surface area (Å²) in [5.41, 5.74) is 8.29. The molecular formula is C12H19NO. The van der Waals surface area contributed by atoms with Gasteiger partial charge in [-0.25, -0.2) is 0 Å². The molecule has 0 aliphatic heterocycles. The topological polar surface area (TPSA) is 46.2 Å². The summed E-state index contributed by atoms with van der Waals surface area (Å²) in [5.74, 6) is 0. The summed E-state index contributed by atoms with van der Waals surface area (Å²) in [6.45, 7) is 4.00. The van der Waals surface area contributed by atoms with Crippen LogP contribution in [0.4, 0.5) is 0 Å². The number of nitrogens with two attached hydrogens (primary N) is 1. The highest BCUT2D eigenvalue weighted by Crippen LogP contribution is 2.08. The third-order valence-corrected chi connectivity index (χ3v) is 2.50. The van der Waals surface area contributed by atoms with E-state index in [4.69, 9.17) is 5.73 Å². The molecule has 0 heterocycles. The van der Waals surface area contributed by atoms with Crippen molar-refractivity contribution >= 4 is 0 Å². The molecule has 0 fully saturated rings. The lowest BCUT2D eigenvalue weighted by Gasteiger charge is -2.17. The molecule has 0 aliphatic rings. The van der Waals surface area contributed by atoms with Crippen molar-refractivity contribution in [2.45, 2.75) is 38.8 Å².